The second-order valence-electron chi connectivity index (χ2n) is 4.61. The van der Waals surface area contributed by atoms with Crippen LogP contribution in [0.25, 0.3) is 0 Å². The maximum absolute atomic E-state index is 11.0. The number of methoxy groups -OCH3 is 2. The fourth-order valence-corrected chi connectivity index (χ4v) is 1.83. The number of hydrazone groups is 1. The maximum Gasteiger partial charge on any atom is 0.222 e. The van der Waals surface area contributed by atoms with Gasteiger partial charge in [-0.15, -0.1) is 0 Å². The molecule has 2 rings (SSSR count). The highest BCUT2D eigenvalue weighted by Gasteiger charge is 2.10. The minimum Gasteiger partial charge on any atom is -0.502 e. The first-order chi connectivity index (χ1) is 11.5. The largest absolute Gasteiger partial charge is 0.502 e. The number of aromatic nitrogens is 2. The topological polar surface area (TPSA) is 118 Å². The maximum atomic E-state index is 11.0. The smallest absolute Gasteiger partial charge is 0.222 e. The molecule has 9 heteroatoms. The van der Waals surface area contributed by atoms with Gasteiger partial charge < -0.3 is 19.9 Å². The Balaban J connectivity index is 2.13. The van der Waals surface area contributed by atoms with Crippen LogP contribution in [0.1, 0.15) is 12.5 Å². The molecule has 3 N–H and O–H groups in total. The Morgan fingerprint density at radius 3 is 2.38 bits per heavy atom. The Morgan fingerprint density at radius 2 is 1.79 bits per heavy atom. The number of rotatable bonds is 6. The van der Waals surface area contributed by atoms with Gasteiger partial charge in [-0.25, -0.2) is 9.97 Å². The zero-order valence-electron chi connectivity index (χ0n) is 13.4. The van der Waals surface area contributed by atoms with Crippen LogP contribution >= 0.6 is 0 Å². The number of benzene rings is 1. The normalized spacial score (nSPS) is 10.5. The first-order valence-corrected chi connectivity index (χ1v) is 6.87. The number of hydrogen-bond acceptors (Lipinski definition) is 8. The van der Waals surface area contributed by atoms with Gasteiger partial charge in [0.1, 0.15) is 12.1 Å². The number of nitrogens with one attached hydrogen (secondary N) is 2. The van der Waals surface area contributed by atoms with E-state index < -0.39 is 0 Å². The van der Waals surface area contributed by atoms with Gasteiger partial charge in [-0.2, -0.15) is 5.10 Å². The number of hydrogen-bond donors (Lipinski definition) is 3. The monoisotopic (exact) mass is 331 g/mol. The number of anilines is 2. The van der Waals surface area contributed by atoms with Gasteiger partial charge in [-0.1, -0.05) is 0 Å². The molecule has 0 aliphatic heterocycles. The van der Waals surface area contributed by atoms with Crippen LogP contribution < -0.4 is 20.2 Å². The zero-order valence-corrected chi connectivity index (χ0v) is 13.4. The average molecular weight is 331 g/mol. The van der Waals surface area contributed by atoms with Crippen LogP contribution in [0.3, 0.4) is 0 Å². The molecule has 0 bridgehead atoms. The molecule has 24 heavy (non-hydrogen) atoms. The highest BCUT2D eigenvalue weighted by atomic mass is 16.5. The molecule has 1 heterocycles. The van der Waals surface area contributed by atoms with E-state index in [-0.39, 0.29) is 23.2 Å². The van der Waals surface area contributed by atoms with Crippen LogP contribution in [-0.2, 0) is 4.79 Å². The van der Waals surface area contributed by atoms with Crippen molar-refractivity contribution < 1.29 is 19.4 Å². The fraction of sp³-hybridized carbons (Fsp3) is 0.200. The molecule has 1 amide bonds. The number of phenolic OH excluding ortho intramolecular Hbond substituents is 1. The Bertz CT molecular complexity index is 738. The summed E-state index contributed by atoms with van der Waals surface area (Å²) in [4.78, 5) is 18.9. The lowest BCUT2D eigenvalue weighted by molar-refractivity contribution is -0.114. The molecular formula is C15H17N5O4. The zero-order chi connectivity index (χ0) is 17.5. The van der Waals surface area contributed by atoms with Crippen molar-refractivity contribution >= 4 is 23.8 Å². The minimum atomic E-state index is -0.230. The third kappa shape index (κ3) is 4.32. The molecule has 0 radical (unpaired) electrons. The Hall–Kier alpha value is -3.36. The molecule has 0 saturated carbocycles. The van der Waals surface area contributed by atoms with E-state index in [0.717, 1.165) is 0 Å². The van der Waals surface area contributed by atoms with Gasteiger partial charge in [0.15, 0.2) is 17.3 Å². The van der Waals surface area contributed by atoms with Gasteiger partial charge in [0.05, 0.1) is 20.4 Å². The molecule has 0 saturated heterocycles. The predicted octanol–water partition coefficient (Wildman–Crippen LogP) is 1.60. The predicted molar refractivity (Wildman–Crippen MR) is 88.8 cm³/mol. The van der Waals surface area contributed by atoms with E-state index in [9.17, 15) is 9.90 Å². The van der Waals surface area contributed by atoms with E-state index in [0.29, 0.717) is 17.2 Å². The van der Waals surface area contributed by atoms with E-state index in [1.54, 1.807) is 12.1 Å². The van der Waals surface area contributed by atoms with E-state index in [1.165, 1.54) is 39.8 Å². The van der Waals surface area contributed by atoms with Crippen molar-refractivity contribution in [3.05, 3.63) is 30.1 Å². The van der Waals surface area contributed by atoms with Crippen LogP contribution in [0.2, 0.25) is 0 Å². The van der Waals surface area contributed by atoms with Crippen LogP contribution in [0.4, 0.5) is 11.6 Å². The molecular weight excluding hydrogens is 314 g/mol. The molecule has 0 spiro atoms. The molecule has 0 aliphatic rings. The van der Waals surface area contributed by atoms with Gasteiger partial charge >= 0.3 is 0 Å². The van der Waals surface area contributed by atoms with Gasteiger partial charge in [0, 0.05) is 18.6 Å². The lowest BCUT2D eigenvalue weighted by Gasteiger charge is -2.09. The minimum absolute atomic E-state index is 0.0825. The van der Waals surface area contributed by atoms with Crippen molar-refractivity contribution in [2.45, 2.75) is 6.92 Å². The van der Waals surface area contributed by atoms with Gasteiger partial charge in [-0.3, -0.25) is 10.2 Å². The summed E-state index contributed by atoms with van der Waals surface area (Å²) < 4.78 is 10.1. The molecule has 126 valence electrons. The third-order valence-corrected chi connectivity index (χ3v) is 2.87. The summed E-state index contributed by atoms with van der Waals surface area (Å²) in [6.07, 6.45) is 2.81. The molecule has 2 aromatic rings. The summed E-state index contributed by atoms with van der Waals surface area (Å²) in [5.74, 6) is 0.995. The van der Waals surface area contributed by atoms with Crippen molar-refractivity contribution in [2.24, 2.45) is 5.10 Å². The van der Waals surface area contributed by atoms with Crippen LogP contribution in [0, 0.1) is 0 Å². The molecule has 0 atom stereocenters. The Morgan fingerprint density at radius 1 is 1.17 bits per heavy atom. The van der Waals surface area contributed by atoms with Crippen molar-refractivity contribution in [2.75, 3.05) is 25.0 Å². The quantitative estimate of drug-likeness (QED) is 0.543. The number of carbonyl (C=O) groups is 1. The summed E-state index contributed by atoms with van der Waals surface area (Å²) in [6.45, 7) is 1.39. The number of nitrogens with zero attached hydrogens (tertiary/aromatic N) is 3. The van der Waals surface area contributed by atoms with E-state index in [4.69, 9.17) is 9.47 Å². The molecule has 1 aromatic heterocycles. The van der Waals surface area contributed by atoms with Crippen molar-refractivity contribution in [3.8, 4) is 17.2 Å². The summed E-state index contributed by atoms with van der Waals surface area (Å²) in [6, 6.07) is 4.74. The Labute approximate surface area is 138 Å². The van der Waals surface area contributed by atoms with Gasteiger partial charge in [0.2, 0.25) is 11.7 Å². The third-order valence-electron chi connectivity index (χ3n) is 2.87. The number of carbonyl (C=O) groups excluding carboxylic acids is 1. The van der Waals surface area contributed by atoms with Gasteiger partial charge in [0.25, 0.3) is 0 Å². The molecule has 0 aliphatic carbocycles. The SMILES string of the molecule is COc1cc(C=NNc2cc(NC(C)=O)ncn2)cc(OC)c1O. The second-order valence-corrected chi connectivity index (χ2v) is 4.61. The first kappa shape index (κ1) is 17.0. The van der Waals surface area contributed by atoms with Crippen LogP contribution in [0.15, 0.2) is 29.6 Å². The number of ether oxygens (including phenoxy) is 2. The first-order valence-electron chi connectivity index (χ1n) is 6.87. The summed E-state index contributed by atoms with van der Waals surface area (Å²) in [5.41, 5.74) is 3.36. The number of phenols is 1. The van der Waals surface area contributed by atoms with Crippen LogP contribution in [0.5, 0.6) is 17.2 Å². The lowest BCUT2D eigenvalue weighted by Crippen LogP contribution is -2.08. The summed E-state index contributed by atoms with van der Waals surface area (Å²) in [5, 5.41) is 16.4. The van der Waals surface area contributed by atoms with Crippen molar-refractivity contribution in [1.29, 1.82) is 0 Å². The second kappa shape index (κ2) is 7.77. The van der Waals surface area contributed by atoms with Crippen molar-refractivity contribution in [1.82, 2.24) is 9.97 Å². The molecule has 0 fully saturated rings. The highest BCUT2D eigenvalue weighted by Crippen LogP contribution is 2.36. The fourth-order valence-electron chi connectivity index (χ4n) is 1.83. The van der Waals surface area contributed by atoms with Crippen LogP contribution in [-0.4, -0.2) is 41.4 Å². The summed E-state index contributed by atoms with van der Waals surface area (Å²) in [7, 11) is 2.89. The Kier molecular flexibility index (Phi) is 5.50. The van der Waals surface area contributed by atoms with E-state index in [1.807, 2.05) is 0 Å². The molecule has 1 aromatic carbocycles. The lowest BCUT2D eigenvalue weighted by atomic mass is 10.2. The number of amides is 1. The van der Waals surface area contributed by atoms with E-state index >= 15 is 0 Å². The average Bonchev–Trinajstić information content (AvgIpc) is 2.55. The van der Waals surface area contributed by atoms with E-state index in [2.05, 4.69) is 25.8 Å². The summed E-state index contributed by atoms with van der Waals surface area (Å²) >= 11 is 0. The highest BCUT2D eigenvalue weighted by molar-refractivity contribution is 5.88. The standard InChI is InChI=1S/C15H17N5O4/c1-9(21)19-13-6-14(17-8-16-13)20-18-7-10-4-11(23-2)15(22)12(5-10)24-3/h4-8,22H,1-3H3,(H2,16,17,19,20,21). The molecule has 9 nitrogen and oxygen atoms in total. The molecule has 0 unspecified atom stereocenters. The van der Waals surface area contributed by atoms with Crippen molar-refractivity contribution in [3.63, 3.8) is 0 Å². The van der Waals surface area contributed by atoms with Gasteiger partial charge in [-0.05, 0) is 12.1 Å². The number of aromatic hydroxyl groups is 1.